The van der Waals surface area contributed by atoms with Gasteiger partial charge in [0.1, 0.15) is 19.5 Å². The summed E-state index contributed by atoms with van der Waals surface area (Å²) in [6.07, 6.45) is 8.43. The first-order valence-electron chi connectivity index (χ1n) is 9.67. The SMILES string of the molecule is c1ncc(CN2CCC(c3ccnc(-c4ccc5c(c4)OCCO5)c3)C2)cn1. The highest BCUT2D eigenvalue weighted by Crippen LogP contribution is 2.35. The predicted molar refractivity (Wildman–Crippen MR) is 105 cm³/mol. The van der Waals surface area contributed by atoms with Crippen LogP contribution in [-0.2, 0) is 6.54 Å². The lowest BCUT2D eigenvalue weighted by Crippen LogP contribution is -2.20. The number of hydrogen-bond acceptors (Lipinski definition) is 6. The second-order valence-corrected chi connectivity index (χ2v) is 7.30. The Morgan fingerprint density at radius 1 is 1.00 bits per heavy atom. The summed E-state index contributed by atoms with van der Waals surface area (Å²) in [5, 5.41) is 0. The molecule has 2 aliphatic heterocycles. The van der Waals surface area contributed by atoms with Gasteiger partial charge in [-0.1, -0.05) is 0 Å². The molecule has 142 valence electrons. The van der Waals surface area contributed by atoms with Gasteiger partial charge in [0.05, 0.1) is 5.69 Å². The molecular weight excluding hydrogens is 352 g/mol. The minimum Gasteiger partial charge on any atom is -0.486 e. The zero-order chi connectivity index (χ0) is 18.8. The molecule has 1 saturated heterocycles. The molecule has 0 radical (unpaired) electrons. The molecule has 6 nitrogen and oxygen atoms in total. The van der Waals surface area contributed by atoms with Crippen LogP contribution in [0.15, 0.2) is 55.2 Å². The van der Waals surface area contributed by atoms with Crippen molar-refractivity contribution in [3.05, 3.63) is 66.4 Å². The molecule has 6 heteroatoms. The fraction of sp³-hybridized carbons (Fsp3) is 0.318. The first-order valence-corrected chi connectivity index (χ1v) is 9.67. The molecule has 1 aromatic carbocycles. The quantitative estimate of drug-likeness (QED) is 0.698. The van der Waals surface area contributed by atoms with Crippen LogP contribution in [0.4, 0.5) is 0 Å². The molecule has 0 N–H and O–H groups in total. The lowest BCUT2D eigenvalue weighted by molar-refractivity contribution is 0.171. The van der Waals surface area contributed by atoms with Crippen LogP contribution in [0.2, 0.25) is 0 Å². The Bertz CT molecular complexity index is 964. The standard InChI is InChI=1S/C22H22N4O2/c1-2-21-22(28-8-7-27-21)10-18(1)20-9-17(3-5-25-20)19-4-6-26(14-19)13-16-11-23-15-24-12-16/h1-3,5,9-12,15,19H,4,6-8,13-14H2. The number of rotatable bonds is 4. The van der Waals surface area contributed by atoms with Gasteiger partial charge in [0.2, 0.25) is 0 Å². The molecule has 28 heavy (non-hydrogen) atoms. The van der Waals surface area contributed by atoms with E-state index in [0.29, 0.717) is 19.1 Å². The van der Waals surface area contributed by atoms with Gasteiger partial charge in [-0.2, -0.15) is 0 Å². The molecule has 0 aliphatic carbocycles. The monoisotopic (exact) mass is 374 g/mol. The Balaban J connectivity index is 1.32. The summed E-state index contributed by atoms with van der Waals surface area (Å²) in [5.41, 5.74) is 4.54. The number of nitrogens with zero attached hydrogens (tertiary/aromatic N) is 4. The van der Waals surface area contributed by atoms with Crippen LogP contribution in [0.5, 0.6) is 11.5 Å². The number of fused-ring (bicyclic) bond motifs is 1. The van der Waals surface area contributed by atoms with Crippen molar-refractivity contribution < 1.29 is 9.47 Å². The largest absolute Gasteiger partial charge is 0.486 e. The Morgan fingerprint density at radius 3 is 2.75 bits per heavy atom. The highest BCUT2D eigenvalue weighted by molar-refractivity contribution is 5.64. The molecule has 4 heterocycles. The van der Waals surface area contributed by atoms with E-state index in [-0.39, 0.29) is 0 Å². The zero-order valence-electron chi connectivity index (χ0n) is 15.6. The molecule has 1 unspecified atom stereocenters. The van der Waals surface area contributed by atoms with E-state index in [4.69, 9.17) is 9.47 Å². The van der Waals surface area contributed by atoms with E-state index in [2.05, 4.69) is 38.1 Å². The highest BCUT2D eigenvalue weighted by Gasteiger charge is 2.24. The van der Waals surface area contributed by atoms with Crippen molar-refractivity contribution >= 4 is 0 Å². The maximum absolute atomic E-state index is 5.72. The van der Waals surface area contributed by atoms with E-state index >= 15 is 0 Å². The zero-order valence-corrected chi connectivity index (χ0v) is 15.6. The van der Waals surface area contributed by atoms with Crippen molar-refractivity contribution in [3.8, 4) is 22.8 Å². The molecule has 5 rings (SSSR count). The molecule has 3 aromatic rings. The van der Waals surface area contributed by atoms with Gasteiger partial charge in [-0.15, -0.1) is 0 Å². The first kappa shape index (κ1) is 17.1. The maximum atomic E-state index is 5.72. The lowest BCUT2D eigenvalue weighted by Gasteiger charge is -2.19. The fourth-order valence-corrected chi connectivity index (χ4v) is 3.98. The average molecular weight is 374 g/mol. The lowest BCUT2D eigenvalue weighted by atomic mass is 9.97. The summed E-state index contributed by atoms with van der Waals surface area (Å²) >= 11 is 0. The molecule has 1 fully saturated rings. The topological polar surface area (TPSA) is 60.4 Å². The summed E-state index contributed by atoms with van der Waals surface area (Å²) < 4.78 is 11.3. The van der Waals surface area contributed by atoms with Crippen LogP contribution < -0.4 is 9.47 Å². The summed E-state index contributed by atoms with van der Waals surface area (Å²) in [5.74, 6) is 2.12. The van der Waals surface area contributed by atoms with Crippen LogP contribution in [0.1, 0.15) is 23.5 Å². The Kier molecular flexibility index (Phi) is 4.62. The van der Waals surface area contributed by atoms with E-state index in [9.17, 15) is 0 Å². The van der Waals surface area contributed by atoms with Crippen molar-refractivity contribution in [1.29, 1.82) is 0 Å². The van der Waals surface area contributed by atoms with Crippen molar-refractivity contribution in [2.75, 3.05) is 26.3 Å². The average Bonchev–Trinajstić information content (AvgIpc) is 3.23. The molecule has 0 amide bonds. The van der Waals surface area contributed by atoms with Gasteiger partial charge < -0.3 is 9.47 Å². The summed E-state index contributed by atoms with van der Waals surface area (Å²) in [4.78, 5) is 15.3. The van der Waals surface area contributed by atoms with Crippen molar-refractivity contribution in [1.82, 2.24) is 19.9 Å². The van der Waals surface area contributed by atoms with Crippen LogP contribution >= 0.6 is 0 Å². The summed E-state index contributed by atoms with van der Waals surface area (Å²) in [6.45, 7) is 4.22. The van der Waals surface area contributed by atoms with Gasteiger partial charge in [0.15, 0.2) is 11.5 Å². The van der Waals surface area contributed by atoms with E-state index < -0.39 is 0 Å². The molecule has 0 bridgehead atoms. The Labute approximate surface area is 164 Å². The Morgan fingerprint density at radius 2 is 1.86 bits per heavy atom. The van der Waals surface area contributed by atoms with Crippen LogP contribution in [0.25, 0.3) is 11.3 Å². The first-order chi connectivity index (χ1) is 13.8. The van der Waals surface area contributed by atoms with Gasteiger partial charge in [-0.05, 0) is 54.8 Å². The van der Waals surface area contributed by atoms with Crippen LogP contribution in [0, 0.1) is 0 Å². The van der Waals surface area contributed by atoms with E-state index in [1.165, 1.54) is 5.56 Å². The third kappa shape index (κ3) is 3.55. The minimum atomic E-state index is 0.517. The van der Waals surface area contributed by atoms with Gasteiger partial charge in [0, 0.05) is 42.8 Å². The third-order valence-electron chi connectivity index (χ3n) is 5.39. The molecule has 2 aromatic heterocycles. The van der Waals surface area contributed by atoms with Gasteiger partial charge >= 0.3 is 0 Å². The molecular formula is C22H22N4O2. The van der Waals surface area contributed by atoms with Crippen LogP contribution in [-0.4, -0.2) is 46.2 Å². The van der Waals surface area contributed by atoms with Crippen molar-refractivity contribution in [2.45, 2.75) is 18.9 Å². The predicted octanol–water partition coefficient (Wildman–Crippen LogP) is 3.30. The second kappa shape index (κ2) is 7.56. The van der Waals surface area contributed by atoms with Crippen LogP contribution in [0.3, 0.4) is 0 Å². The number of pyridine rings is 1. The fourth-order valence-electron chi connectivity index (χ4n) is 3.98. The van der Waals surface area contributed by atoms with Crippen molar-refractivity contribution in [2.24, 2.45) is 0 Å². The number of ether oxygens (including phenoxy) is 2. The van der Waals surface area contributed by atoms with Gasteiger partial charge in [-0.25, -0.2) is 9.97 Å². The van der Waals surface area contributed by atoms with E-state index in [1.54, 1.807) is 6.33 Å². The smallest absolute Gasteiger partial charge is 0.162 e. The number of aromatic nitrogens is 3. The molecule has 2 aliphatic rings. The highest BCUT2D eigenvalue weighted by atomic mass is 16.6. The van der Waals surface area contributed by atoms with E-state index in [0.717, 1.165) is 54.4 Å². The summed E-state index contributed by atoms with van der Waals surface area (Å²) in [7, 11) is 0. The van der Waals surface area contributed by atoms with E-state index in [1.807, 2.05) is 30.7 Å². The molecule has 1 atom stereocenters. The minimum absolute atomic E-state index is 0.517. The number of likely N-dealkylation sites (tertiary alicyclic amines) is 1. The Hall–Kier alpha value is -2.99. The molecule has 0 spiro atoms. The summed E-state index contributed by atoms with van der Waals surface area (Å²) in [6, 6.07) is 10.4. The number of benzene rings is 1. The maximum Gasteiger partial charge on any atom is 0.162 e. The second-order valence-electron chi connectivity index (χ2n) is 7.30. The van der Waals surface area contributed by atoms with Gasteiger partial charge in [0.25, 0.3) is 0 Å². The normalized spacial score (nSPS) is 18.9. The van der Waals surface area contributed by atoms with Crippen molar-refractivity contribution in [3.63, 3.8) is 0 Å². The molecule has 0 saturated carbocycles. The van der Waals surface area contributed by atoms with Gasteiger partial charge in [-0.3, -0.25) is 9.88 Å². The number of hydrogen-bond donors (Lipinski definition) is 0. The third-order valence-corrected chi connectivity index (χ3v) is 5.39.